The normalized spacial score (nSPS) is 13.1. The summed E-state index contributed by atoms with van der Waals surface area (Å²) in [5, 5.41) is 2.56. The van der Waals surface area contributed by atoms with Gasteiger partial charge in [-0.25, -0.2) is 15.0 Å². The van der Waals surface area contributed by atoms with Crippen molar-refractivity contribution in [2.75, 3.05) is 0 Å². The van der Waals surface area contributed by atoms with E-state index in [9.17, 15) is 0 Å². The minimum absolute atomic E-state index is 0.163. The van der Waals surface area contributed by atoms with Crippen molar-refractivity contribution in [2.45, 2.75) is 19.3 Å². The molecule has 0 bridgehead atoms. The van der Waals surface area contributed by atoms with Crippen molar-refractivity contribution < 1.29 is 0 Å². The lowest BCUT2D eigenvalue weighted by Crippen LogP contribution is -2.15. The van der Waals surface area contributed by atoms with Crippen LogP contribution in [0.15, 0.2) is 140 Å². The van der Waals surface area contributed by atoms with Gasteiger partial charge in [0.2, 0.25) is 0 Å². The second-order valence-corrected chi connectivity index (χ2v) is 11.7. The van der Waals surface area contributed by atoms with Crippen molar-refractivity contribution in [2.24, 2.45) is 0 Å². The first kappa shape index (κ1) is 25.3. The third-order valence-electron chi connectivity index (χ3n) is 8.70. The Kier molecular flexibility index (Phi) is 5.80. The first-order valence-electron chi connectivity index (χ1n) is 14.7. The van der Waals surface area contributed by atoms with Crippen LogP contribution in [0, 0.1) is 0 Å². The fourth-order valence-electron chi connectivity index (χ4n) is 6.65. The highest BCUT2D eigenvalue weighted by atomic mass is 15.0. The van der Waals surface area contributed by atoms with Crippen LogP contribution in [0.4, 0.5) is 0 Å². The minimum Gasteiger partial charge on any atom is -0.208 e. The van der Waals surface area contributed by atoms with Crippen LogP contribution in [0.25, 0.3) is 67.2 Å². The molecule has 3 heteroatoms. The Morgan fingerprint density at radius 3 is 1.84 bits per heavy atom. The highest BCUT2D eigenvalue weighted by Gasteiger charge is 2.38. The van der Waals surface area contributed by atoms with E-state index >= 15 is 0 Å². The van der Waals surface area contributed by atoms with Crippen LogP contribution in [-0.2, 0) is 5.41 Å². The molecule has 1 aliphatic rings. The number of hydrogen-bond donors (Lipinski definition) is 0. The summed E-state index contributed by atoms with van der Waals surface area (Å²) in [6, 6.07) is 48.8. The molecule has 0 saturated heterocycles. The molecule has 3 nitrogen and oxygen atoms in total. The van der Waals surface area contributed by atoms with Crippen LogP contribution < -0.4 is 0 Å². The lowest BCUT2D eigenvalue weighted by atomic mass is 9.80. The average molecular weight is 552 g/mol. The van der Waals surface area contributed by atoms with Gasteiger partial charge in [0, 0.05) is 22.1 Å². The lowest BCUT2D eigenvalue weighted by Gasteiger charge is -2.23. The van der Waals surface area contributed by atoms with Gasteiger partial charge in [0.15, 0.2) is 17.5 Å². The second kappa shape index (κ2) is 9.85. The number of nitrogens with zero attached hydrogens (tertiary/aromatic N) is 3. The van der Waals surface area contributed by atoms with Crippen molar-refractivity contribution in [3.8, 4) is 56.4 Å². The number of rotatable bonds is 4. The molecule has 0 amide bonds. The topological polar surface area (TPSA) is 38.7 Å². The molecular weight excluding hydrogens is 522 g/mol. The second-order valence-electron chi connectivity index (χ2n) is 11.7. The summed E-state index contributed by atoms with van der Waals surface area (Å²) < 4.78 is 0. The Morgan fingerprint density at radius 2 is 1.05 bits per heavy atom. The summed E-state index contributed by atoms with van der Waals surface area (Å²) in [5.74, 6) is 2.01. The largest absolute Gasteiger partial charge is 0.208 e. The number of aromatic nitrogens is 3. The number of benzene rings is 6. The Hall–Kier alpha value is -5.41. The molecule has 0 fully saturated rings. The molecule has 1 heterocycles. The van der Waals surface area contributed by atoms with E-state index in [1.807, 2.05) is 24.3 Å². The zero-order chi connectivity index (χ0) is 29.0. The fourth-order valence-corrected chi connectivity index (χ4v) is 6.65. The first-order chi connectivity index (χ1) is 21.1. The molecule has 0 atom stereocenters. The van der Waals surface area contributed by atoms with Gasteiger partial charge in [-0.2, -0.15) is 0 Å². The highest BCUT2D eigenvalue weighted by Crippen LogP contribution is 2.54. The summed E-state index contributed by atoms with van der Waals surface area (Å²) in [6.07, 6.45) is 0. The van der Waals surface area contributed by atoms with Crippen LogP contribution >= 0.6 is 0 Å². The third kappa shape index (κ3) is 4.16. The molecule has 0 aliphatic heterocycles. The fraction of sp³-hybridized carbons (Fsp3) is 0.0750. The molecule has 0 N–H and O–H groups in total. The molecule has 0 saturated carbocycles. The van der Waals surface area contributed by atoms with Gasteiger partial charge in [-0.15, -0.1) is 0 Å². The quantitative estimate of drug-likeness (QED) is 0.218. The SMILES string of the molecule is CC1(C)c2cccc(-c3nc(-c4ccccc4)nc(-c4cccc(-c5ccccc5)c4)n3)c2-c2ccc3ccccc3c21. The van der Waals surface area contributed by atoms with E-state index in [1.165, 1.54) is 33.0 Å². The Labute approximate surface area is 251 Å². The smallest absolute Gasteiger partial charge is 0.164 e. The van der Waals surface area contributed by atoms with Crippen LogP contribution in [0.5, 0.6) is 0 Å². The molecule has 6 aromatic carbocycles. The molecule has 204 valence electrons. The molecule has 1 aliphatic carbocycles. The molecule has 0 unspecified atom stereocenters. The summed E-state index contributed by atoms with van der Waals surface area (Å²) in [4.78, 5) is 15.3. The Bertz CT molecular complexity index is 2150. The van der Waals surface area contributed by atoms with E-state index in [0.29, 0.717) is 17.5 Å². The molecule has 43 heavy (non-hydrogen) atoms. The molecule has 0 radical (unpaired) electrons. The van der Waals surface area contributed by atoms with Gasteiger partial charge in [0.1, 0.15) is 0 Å². The van der Waals surface area contributed by atoms with E-state index in [1.54, 1.807) is 0 Å². The molecular formula is C40H29N3. The van der Waals surface area contributed by atoms with Crippen LogP contribution in [0.2, 0.25) is 0 Å². The van der Waals surface area contributed by atoms with E-state index in [-0.39, 0.29) is 5.41 Å². The summed E-state index contributed by atoms with van der Waals surface area (Å²) in [5.41, 5.74) is 10.2. The van der Waals surface area contributed by atoms with Crippen molar-refractivity contribution in [3.05, 3.63) is 151 Å². The highest BCUT2D eigenvalue weighted by molar-refractivity contribution is 6.01. The first-order valence-corrected chi connectivity index (χ1v) is 14.7. The van der Waals surface area contributed by atoms with Gasteiger partial charge < -0.3 is 0 Å². The van der Waals surface area contributed by atoms with E-state index in [4.69, 9.17) is 15.0 Å². The number of fused-ring (bicyclic) bond motifs is 5. The van der Waals surface area contributed by atoms with Gasteiger partial charge in [-0.05, 0) is 50.2 Å². The minimum atomic E-state index is -0.163. The Morgan fingerprint density at radius 1 is 0.442 bits per heavy atom. The van der Waals surface area contributed by atoms with Gasteiger partial charge in [-0.1, -0.05) is 147 Å². The van der Waals surface area contributed by atoms with Crippen molar-refractivity contribution in [1.82, 2.24) is 15.0 Å². The van der Waals surface area contributed by atoms with Gasteiger partial charge in [-0.3, -0.25) is 0 Å². The average Bonchev–Trinajstić information content (AvgIpc) is 3.32. The van der Waals surface area contributed by atoms with Gasteiger partial charge in [0.05, 0.1) is 0 Å². The van der Waals surface area contributed by atoms with Gasteiger partial charge >= 0.3 is 0 Å². The lowest BCUT2D eigenvalue weighted by molar-refractivity contribution is 0.666. The van der Waals surface area contributed by atoms with E-state index in [0.717, 1.165) is 27.8 Å². The standard InChI is InChI=1S/C40H29N3/c1-40(2)34-22-12-21-33(35(34)32-24-23-27-15-9-10-20-31(27)36(32)40)39-42-37(28-16-7-4-8-17-28)41-38(43-39)30-19-11-18-29(25-30)26-13-5-3-6-14-26/h3-25H,1-2H3. The monoisotopic (exact) mass is 551 g/mol. The third-order valence-corrected chi connectivity index (χ3v) is 8.70. The molecule has 7 aromatic rings. The summed E-state index contributed by atoms with van der Waals surface area (Å²) in [7, 11) is 0. The zero-order valence-electron chi connectivity index (χ0n) is 24.1. The summed E-state index contributed by atoms with van der Waals surface area (Å²) >= 11 is 0. The molecule has 0 spiro atoms. The van der Waals surface area contributed by atoms with Crippen LogP contribution in [0.1, 0.15) is 25.0 Å². The molecule has 1 aromatic heterocycles. The zero-order valence-corrected chi connectivity index (χ0v) is 24.1. The van der Waals surface area contributed by atoms with Crippen molar-refractivity contribution in [1.29, 1.82) is 0 Å². The maximum absolute atomic E-state index is 5.17. The van der Waals surface area contributed by atoms with Crippen LogP contribution in [0.3, 0.4) is 0 Å². The van der Waals surface area contributed by atoms with E-state index in [2.05, 4.69) is 129 Å². The van der Waals surface area contributed by atoms with Crippen molar-refractivity contribution in [3.63, 3.8) is 0 Å². The maximum Gasteiger partial charge on any atom is 0.164 e. The van der Waals surface area contributed by atoms with Crippen LogP contribution in [-0.4, -0.2) is 15.0 Å². The van der Waals surface area contributed by atoms with Crippen molar-refractivity contribution >= 4 is 10.8 Å². The summed E-state index contributed by atoms with van der Waals surface area (Å²) in [6.45, 7) is 4.66. The Balaban J connectivity index is 1.37. The predicted molar refractivity (Wildman–Crippen MR) is 177 cm³/mol. The molecule has 8 rings (SSSR count). The maximum atomic E-state index is 5.17. The van der Waals surface area contributed by atoms with E-state index < -0.39 is 0 Å². The predicted octanol–water partition coefficient (Wildman–Crippen LogP) is 10.00. The van der Waals surface area contributed by atoms with Gasteiger partial charge in [0.25, 0.3) is 0 Å². The number of hydrogen-bond acceptors (Lipinski definition) is 3.